The fourth-order valence-electron chi connectivity index (χ4n) is 4.43. The Hall–Kier alpha value is -4.18. The number of rotatable bonds is 6. The Morgan fingerprint density at radius 3 is 2.36 bits per heavy atom. The Kier molecular flexibility index (Phi) is 5.27. The average Bonchev–Trinajstić information content (AvgIpc) is 3.17. The van der Waals surface area contributed by atoms with Crippen LogP contribution in [0, 0.1) is 6.07 Å². The van der Waals surface area contributed by atoms with E-state index < -0.39 is 5.91 Å². The first-order valence-corrected chi connectivity index (χ1v) is 11.0. The summed E-state index contributed by atoms with van der Waals surface area (Å²) in [6.45, 7) is 2.66. The molecule has 0 aliphatic heterocycles. The molecular weight excluding hydrogens is 408 g/mol. The van der Waals surface area contributed by atoms with Crippen LogP contribution in [0.25, 0.3) is 21.8 Å². The average molecular weight is 432 g/mol. The Balaban J connectivity index is 1.65. The molecule has 0 spiro atoms. The quantitative estimate of drug-likeness (QED) is 0.359. The number of nitrogens with two attached hydrogens (primary N) is 1. The van der Waals surface area contributed by atoms with Gasteiger partial charge in [-0.3, -0.25) is 9.59 Å². The van der Waals surface area contributed by atoms with E-state index in [4.69, 9.17) is 5.73 Å². The molecule has 4 nitrogen and oxygen atoms in total. The largest absolute Gasteiger partial charge is 0.366 e. The standard InChI is InChI=1S/C29H23N2O2/c1-2-19-14-15-23-26(17-19)31(25-13-7-12-24(27(23)25)29(30)33)18-20-8-6-11-22(16-20)28(32)21-9-4-3-5-10-21/h3-14,16-17H,2,18H2,1H3,(H2,30,33). The third-order valence-corrected chi connectivity index (χ3v) is 6.09. The van der Waals surface area contributed by atoms with Crippen molar-refractivity contribution < 1.29 is 9.59 Å². The minimum Gasteiger partial charge on any atom is -0.366 e. The maximum atomic E-state index is 13.0. The molecule has 4 heteroatoms. The van der Waals surface area contributed by atoms with Gasteiger partial charge in [0.25, 0.3) is 0 Å². The highest BCUT2D eigenvalue weighted by atomic mass is 16.1. The Morgan fingerprint density at radius 2 is 1.61 bits per heavy atom. The summed E-state index contributed by atoms with van der Waals surface area (Å²) in [5, 5.41) is 1.70. The van der Waals surface area contributed by atoms with Crippen molar-refractivity contribution in [3.05, 3.63) is 119 Å². The predicted octanol–water partition coefficient (Wildman–Crippen LogP) is 5.54. The number of fused-ring (bicyclic) bond motifs is 3. The van der Waals surface area contributed by atoms with E-state index in [-0.39, 0.29) is 5.78 Å². The maximum Gasteiger partial charge on any atom is 0.249 e. The number of carbonyl (C=O) groups is 2. The molecule has 0 atom stereocenters. The van der Waals surface area contributed by atoms with Gasteiger partial charge in [0.2, 0.25) is 5.91 Å². The minimum absolute atomic E-state index is 0.00251. The number of primary amides is 1. The lowest BCUT2D eigenvalue weighted by Crippen LogP contribution is -2.11. The molecule has 1 amide bonds. The Morgan fingerprint density at radius 1 is 0.848 bits per heavy atom. The summed E-state index contributed by atoms with van der Waals surface area (Å²) in [4.78, 5) is 25.1. The van der Waals surface area contributed by atoms with Crippen molar-refractivity contribution in [1.29, 1.82) is 0 Å². The maximum absolute atomic E-state index is 13.0. The number of aryl methyl sites for hydroxylation is 1. The first-order chi connectivity index (χ1) is 16.1. The molecule has 1 aromatic heterocycles. The molecular formula is C29H23N2O2. The summed E-state index contributed by atoms with van der Waals surface area (Å²) >= 11 is 0. The van der Waals surface area contributed by atoms with Gasteiger partial charge in [-0.05, 0) is 47.9 Å². The van der Waals surface area contributed by atoms with Crippen LogP contribution in [0.2, 0.25) is 0 Å². The van der Waals surface area contributed by atoms with Crippen LogP contribution in [0.3, 0.4) is 0 Å². The highest BCUT2D eigenvalue weighted by Gasteiger charge is 2.17. The van der Waals surface area contributed by atoms with E-state index in [1.54, 1.807) is 6.07 Å². The minimum atomic E-state index is -0.455. The van der Waals surface area contributed by atoms with Gasteiger partial charge in [0.1, 0.15) is 0 Å². The summed E-state index contributed by atoms with van der Waals surface area (Å²) in [6, 6.07) is 30.1. The monoisotopic (exact) mass is 431 g/mol. The Bertz CT molecular complexity index is 1510. The SMILES string of the molecule is CCc1c[c]c2c3c(C(N)=O)cccc3n(Cc3cccc(C(=O)c4ccccc4)c3)c2c1. The zero-order valence-corrected chi connectivity index (χ0v) is 18.3. The van der Waals surface area contributed by atoms with E-state index in [1.165, 1.54) is 5.56 Å². The number of benzene rings is 4. The van der Waals surface area contributed by atoms with Crippen LogP contribution in [0.5, 0.6) is 0 Å². The van der Waals surface area contributed by atoms with Gasteiger partial charge in [-0.15, -0.1) is 0 Å². The fraction of sp³-hybridized carbons (Fsp3) is 0.103. The van der Waals surface area contributed by atoms with E-state index >= 15 is 0 Å². The van der Waals surface area contributed by atoms with Crippen molar-refractivity contribution in [2.75, 3.05) is 0 Å². The molecule has 0 saturated heterocycles. The molecule has 0 bridgehead atoms. The molecule has 4 aromatic carbocycles. The molecule has 161 valence electrons. The zero-order chi connectivity index (χ0) is 22.9. The molecule has 0 saturated carbocycles. The van der Waals surface area contributed by atoms with Crippen LogP contribution in [-0.4, -0.2) is 16.3 Å². The van der Waals surface area contributed by atoms with Gasteiger partial charge < -0.3 is 10.3 Å². The van der Waals surface area contributed by atoms with Gasteiger partial charge in [-0.1, -0.05) is 67.6 Å². The molecule has 1 heterocycles. The highest BCUT2D eigenvalue weighted by molar-refractivity contribution is 6.17. The third-order valence-electron chi connectivity index (χ3n) is 6.09. The van der Waals surface area contributed by atoms with Crippen LogP contribution >= 0.6 is 0 Å². The molecule has 2 N–H and O–H groups in total. The first-order valence-electron chi connectivity index (χ1n) is 11.0. The van der Waals surface area contributed by atoms with E-state index in [0.29, 0.717) is 23.2 Å². The lowest BCUT2D eigenvalue weighted by molar-refractivity contribution is 0.1000. The number of ketones is 1. The van der Waals surface area contributed by atoms with Crippen LogP contribution in [0.4, 0.5) is 0 Å². The summed E-state index contributed by atoms with van der Waals surface area (Å²) in [5.41, 5.74) is 11.6. The molecule has 0 aliphatic carbocycles. The van der Waals surface area contributed by atoms with Gasteiger partial charge in [-0.2, -0.15) is 0 Å². The summed E-state index contributed by atoms with van der Waals surface area (Å²) in [7, 11) is 0. The number of aromatic nitrogens is 1. The molecule has 0 unspecified atom stereocenters. The van der Waals surface area contributed by atoms with Crippen molar-refractivity contribution in [1.82, 2.24) is 4.57 Å². The highest BCUT2D eigenvalue weighted by Crippen LogP contribution is 2.33. The van der Waals surface area contributed by atoms with Crippen molar-refractivity contribution in [2.45, 2.75) is 19.9 Å². The number of nitrogens with zero attached hydrogens (tertiary/aromatic N) is 1. The van der Waals surface area contributed by atoms with E-state index in [2.05, 4.69) is 23.6 Å². The van der Waals surface area contributed by atoms with Gasteiger partial charge in [0.15, 0.2) is 5.78 Å². The van der Waals surface area contributed by atoms with Gasteiger partial charge >= 0.3 is 0 Å². The van der Waals surface area contributed by atoms with Crippen LogP contribution in [0.15, 0.2) is 84.9 Å². The van der Waals surface area contributed by atoms with E-state index in [0.717, 1.165) is 33.8 Å². The Labute approximate surface area is 192 Å². The van der Waals surface area contributed by atoms with Crippen molar-refractivity contribution in [3.8, 4) is 0 Å². The molecule has 33 heavy (non-hydrogen) atoms. The third kappa shape index (κ3) is 3.70. The molecule has 1 radical (unpaired) electrons. The molecule has 5 rings (SSSR count). The topological polar surface area (TPSA) is 65.1 Å². The van der Waals surface area contributed by atoms with Gasteiger partial charge in [0, 0.05) is 34.0 Å². The summed E-state index contributed by atoms with van der Waals surface area (Å²) in [6.07, 6.45) is 0.887. The zero-order valence-electron chi connectivity index (χ0n) is 18.3. The second kappa shape index (κ2) is 8.40. The second-order valence-electron chi connectivity index (χ2n) is 8.17. The van der Waals surface area contributed by atoms with Crippen LogP contribution < -0.4 is 5.73 Å². The van der Waals surface area contributed by atoms with Crippen molar-refractivity contribution in [2.24, 2.45) is 5.73 Å². The lowest BCUT2D eigenvalue weighted by atomic mass is 10.0. The van der Waals surface area contributed by atoms with Gasteiger partial charge in [-0.25, -0.2) is 0 Å². The van der Waals surface area contributed by atoms with Crippen LogP contribution in [-0.2, 0) is 13.0 Å². The molecule has 5 aromatic rings. The van der Waals surface area contributed by atoms with E-state index in [1.807, 2.05) is 72.8 Å². The smallest absolute Gasteiger partial charge is 0.249 e. The fourth-order valence-corrected chi connectivity index (χ4v) is 4.43. The lowest BCUT2D eigenvalue weighted by Gasteiger charge is -2.10. The van der Waals surface area contributed by atoms with Crippen LogP contribution in [0.1, 0.15) is 44.3 Å². The van der Waals surface area contributed by atoms with Crippen molar-refractivity contribution >= 4 is 33.5 Å². The predicted molar refractivity (Wildman–Crippen MR) is 132 cm³/mol. The molecule has 0 fully saturated rings. The second-order valence-corrected chi connectivity index (χ2v) is 8.17. The number of carbonyl (C=O) groups excluding carboxylic acids is 2. The molecule has 0 aliphatic rings. The summed E-state index contributed by atoms with van der Waals surface area (Å²) in [5.74, 6) is -0.458. The van der Waals surface area contributed by atoms with Crippen molar-refractivity contribution in [3.63, 3.8) is 0 Å². The van der Waals surface area contributed by atoms with Gasteiger partial charge in [0.05, 0.1) is 11.0 Å². The summed E-state index contributed by atoms with van der Waals surface area (Å²) < 4.78 is 2.18. The van der Waals surface area contributed by atoms with E-state index in [9.17, 15) is 9.59 Å². The normalized spacial score (nSPS) is 11.2. The first kappa shape index (κ1) is 20.7. The number of amides is 1. The number of hydrogen-bond acceptors (Lipinski definition) is 2. The number of hydrogen-bond donors (Lipinski definition) is 1.